The second-order valence-electron chi connectivity index (χ2n) is 10.5. The Bertz CT molecular complexity index is 869. The van der Waals surface area contributed by atoms with Crippen molar-refractivity contribution in [1.29, 1.82) is 0 Å². The van der Waals surface area contributed by atoms with Crippen molar-refractivity contribution < 1.29 is 9.59 Å². The highest BCUT2D eigenvalue weighted by Crippen LogP contribution is 2.31. The van der Waals surface area contributed by atoms with Crippen molar-refractivity contribution in [3.8, 4) is 0 Å². The van der Waals surface area contributed by atoms with Gasteiger partial charge in [0.15, 0.2) is 0 Å². The van der Waals surface area contributed by atoms with Crippen molar-refractivity contribution in [3.05, 3.63) is 33.8 Å². The van der Waals surface area contributed by atoms with Gasteiger partial charge in [-0.3, -0.25) is 14.5 Å². The highest BCUT2D eigenvalue weighted by molar-refractivity contribution is 6.36. The summed E-state index contributed by atoms with van der Waals surface area (Å²) in [6, 6.07) is 5.57. The summed E-state index contributed by atoms with van der Waals surface area (Å²) in [5.41, 5.74) is 0.484. The number of nitrogens with zero attached hydrogens (tertiary/aromatic N) is 3. The maximum Gasteiger partial charge on any atom is 0.255 e. The smallest absolute Gasteiger partial charge is 0.255 e. The summed E-state index contributed by atoms with van der Waals surface area (Å²) in [7, 11) is 0. The number of nitrogens with one attached hydrogen (secondary N) is 1. The Hall–Kier alpha value is -1.34. The fraction of sp³-hybridized carbons (Fsp3) is 0.704. The molecule has 2 amide bonds. The summed E-state index contributed by atoms with van der Waals surface area (Å²) in [6.45, 7) is 7.90. The lowest BCUT2D eigenvalue weighted by atomic mass is 9.95. The molecule has 6 nitrogen and oxygen atoms in total. The zero-order valence-corrected chi connectivity index (χ0v) is 22.5. The molecule has 1 saturated carbocycles. The number of rotatable bonds is 8. The number of piperidine rings is 1. The van der Waals surface area contributed by atoms with Crippen LogP contribution in [0.1, 0.15) is 68.6 Å². The van der Waals surface area contributed by atoms with Crippen molar-refractivity contribution in [2.24, 2.45) is 5.92 Å². The van der Waals surface area contributed by atoms with Crippen LogP contribution in [0.4, 0.5) is 0 Å². The summed E-state index contributed by atoms with van der Waals surface area (Å²) in [5, 5.41) is 4.17. The molecule has 0 aromatic heterocycles. The fourth-order valence-corrected chi connectivity index (χ4v) is 6.57. The van der Waals surface area contributed by atoms with E-state index in [9.17, 15) is 9.59 Å². The molecule has 2 heterocycles. The van der Waals surface area contributed by atoms with Gasteiger partial charge in [0.05, 0.1) is 16.6 Å². The minimum atomic E-state index is -0.0946. The third kappa shape index (κ3) is 6.91. The van der Waals surface area contributed by atoms with E-state index in [-0.39, 0.29) is 17.9 Å². The van der Waals surface area contributed by atoms with Gasteiger partial charge in [0, 0.05) is 50.3 Å². The lowest BCUT2D eigenvalue weighted by molar-refractivity contribution is -0.129. The molecule has 3 fully saturated rings. The highest BCUT2D eigenvalue weighted by atomic mass is 35.5. The lowest BCUT2D eigenvalue weighted by Crippen LogP contribution is -2.58. The quantitative estimate of drug-likeness (QED) is 0.503. The van der Waals surface area contributed by atoms with Crippen LogP contribution in [-0.2, 0) is 4.79 Å². The van der Waals surface area contributed by atoms with Crippen LogP contribution in [0.5, 0.6) is 0 Å². The number of piperazine rings is 1. The zero-order chi connectivity index (χ0) is 24.8. The van der Waals surface area contributed by atoms with Gasteiger partial charge in [-0.15, -0.1) is 0 Å². The Labute approximate surface area is 220 Å². The molecule has 2 aliphatic heterocycles. The van der Waals surface area contributed by atoms with Gasteiger partial charge in [-0.05, 0) is 69.7 Å². The third-order valence-electron chi connectivity index (χ3n) is 8.13. The molecule has 8 heteroatoms. The van der Waals surface area contributed by atoms with Crippen molar-refractivity contribution in [2.45, 2.75) is 70.4 Å². The largest absolute Gasteiger partial charge is 0.355 e. The Kier molecular flexibility index (Phi) is 9.74. The molecule has 35 heavy (non-hydrogen) atoms. The van der Waals surface area contributed by atoms with Crippen molar-refractivity contribution >= 4 is 35.0 Å². The molecule has 0 unspecified atom stereocenters. The number of hydrogen-bond acceptors (Lipinski definition) is 4. The van der Waals surface area contributed by atoms with Crippen LogP contribution in [0.2, 0.25) is 10.0 Å². The molecule has 3 aliphatic rings. The van der Waals surface area contributed by atoms with E-state index in [4.69, 9.17) is 23.2 Å². The number of halogens is 2. The van der Waals surface area contributed by atoms with E-state index >= 15 is 0 Å². The monoisotopic (exact) mass is 522 g/mol. The predicted octanol–water partition coefficient (Wildman–Crippen LogP) is 4.69. The SMILES string of the molecule is C[C@@H]1CCCCN1CCCNC(=O)[C@H](C1CCCC1)N1CCN(C(=O)c2ccc(Cl)cc2Cl)CC1. The van der Waals surface area contributed by atoms with Crippen LogP contribution in [-0.4, -0.2) is 84.4 Å². The van der Waals surface area contributed by atoms with Gasteiger partial charge in [0.1, 0.15) is 0 Å². The first-order valence-corrected chi connectivity index (χ1v) is 14.2. The average molecular weight is 524 g/mol. The van der Waals surface area contributed by atoms with Gasteiger partial charge in [-0.1, -0.05) is 42.5 Å². The van der Waals surface area contributed by atoms with E-state index in [0.29, 0.717) is 53.7 Å². The minimum absolute atomic E-state index is 0.0693. The van der Waals surface area contributed by atoms with Gasteiger partial charge in [0.25, 0.3) is 5.91 Å². The summed E-state index contributed by atoms with van der Waals surface area (Å²) in [5.74, 6) is 0.509. The van der Waals surface area contributed by atoms with Crippen LogP contribution in [0.3, 0.4) is 0 Å². The summed E-state index contributed by atoms with van der Waals surface area (Å²) in [6.07, 6.45) is 9.55. The van der Waals surface area contributed by atoms with Gasteiger partial charge in [-0.25, -0.2) is 0 Å². The van der Waals surface area contributed by atoms with Crippen LogP contribution in [0.25, 0.3) is 0 Å². The van der Waals surface area contributed by atoms with Crippen molar-refractivity contribution in [2.75, 3.05) is 45.8 Å². The molecule has 1 aromatic rings. The maximum atomic E-state index is 13.4. The first kappa shape index (κ1) is 26.7. The van der Waals surface area contributed by atoms with Crippen LogP contribution in [0.15, 0.2) is 18.2 Å². The number of amides is 2. The first-order chi connectivity index (χ1) is 16.9. The van der Waals surface area contributed by atoms with Gasteiger partial charge in [-0.2, -0.15) is 0 Å². The van der Waals surface area contributed by atoms with E-state index in [1.54, 1.807) is 18.2 Å². The molecular weight excluding hydrogens is 483 g/mol. The second-order valence-corrected chi connectivity index (χ2v) is 11.3. The number of likely N-dealkylation sites (tertiary alicyclic amines) is 1. The zero-order valence-electron chi connectivity index (χ0n) is 21.0. The number of carbonyl (C=O) groups excluding carboxylic acids is 2. The molecule has 0 radical (unpaired) electrons. The Balaban J connectivity index is 1.30. The number of carbonyl (C=O) groups is 2. The molecule has 0 bridgehead atoms. The second kappa shape index (κ2) is 12.8. The topological polar surface area (TPSA) is 55.9 Å². The van der Waals surface area contributed by atoms with E-state index in [0.717, 1.165) is 32.4 Å². The number of hydrogen-bond donors (Lipinski definition) is 1. The van der Waals surface area contributed by atoms with E-state index in [1.807, 2.05) is 4.90 Å². The molecular formula is C27H40Cl2N4O2. The van der Waals surface area contributed by atoms with Crippen LogP contribution in [0, 0.1) is 5.92 Å². The molecule has 1 aliphatic carbocycles. The van der Waals surface area contributed by atoms with Crippen molar-refractivity contribution in [3.63, 3.8) is 0 Å². The first-order valence-electron chi connectivity index (χ1n) is 13.4. The van der Waals surface area contributed by atoms with Gasteiger partial charge in [0.2, 0.25) is 5.91 Å². The third-order valence-corrected chi connectivity index (χ3v) is 8.68. The average Bonchev–Trinajstić information content (AvgIpc) is 3.37. The fourth-order valence-electron chi connectivity index (χ4n) is 6.08. The molecule has 2 saturated heterocycles. The number of benzene rings is 1. The summed E-state index contributed by atoms with van der Waals surface area (Å²) in [4.78, 5) is 33.1. The van der Waals surface area contributed by atoms with E-state index in [2.05, 4.69) is 22.0 Å². The standard InChI is InChI=1S/C27H40Cl2N4O2/c1-20-7-4-5-13-31(20)14-6-12-30-26(34)25(21-8-2-3-9-21)32-15-17-33(18-16-32)27(35)23-11-10-22(28)19-24(23)29/h10-11,19-21,25H,2-9,12-18H2,1H3,(H,30,34)/t20-,25+/m1/s1. The summed E-state index contributed by atoms with van der Waals surface area (Å²) >= 11 is 12.3. The molecule has 0 spiro atoms. The van der Waals surface area contributed by atoms with Gasteiger partial charge < -0.3 is 15.1 Å². The molecule has 1 aromatic carbocycles. The predicted molar refractivity (Wildman–Crippen MR) is 142 cm³/mol. The Morgan fingerprint density at radius 1 is 1.00 bits per heavy atom. The Morgan fingerprint density at radius 2 is 1.71 bits per heavy atom. The molecule has 194 valence electrons. The normalized spacial score (nSPS) is 23.4. The maximum absolute atomic E-state index is 13.4. The van der Waals surface area contributed by atoms with Crippen molar-refractivity contribution in [1.82, 2.24) is 20.0 Å². The summed E-state index contributed by atoms with van der Waals surface area (Å²) < 4.78 is 0. The lowest BCUT2D eigenvalue weighted by Gasteiger charge is -2.41. The minimum Gasteiger partial charge on any atom is -0.355 e. The highest BCUT2D eigenvalue weighted by Gasteiger charge is 2.37. The van der Waals surface area contributed by atoms with E-state index in [1.165, 1.54) is 38.6 Å². The molecule has 2 atom stereocenters. The Morgan fingerprint density at radius 3 is 2.40 bits per heavy atom. The van der Waals surface area contributed by atoms with Crippen LogP contribution >= 0.6 is 23.2 Å². The van der Waals surface area contributed by atoms with Gasteiger partial charge >= 0.3 is 0 Å². The molecule has 1 N–H and O–H groups in total. The molecule has 4 rings (SSSR count). The van der Waals surface area contributed by atoms with E-state index < -0.39 is 0 Å². The van der Waals surface area contributed by atoms with Crippen LogP contribution < -0.4 is 5.32 Å².